The summed E-state index contributed by atoms with van der Waals surface area (Å²) in [5, 5.41) is 10.2. The first-order chi connectivity index (χ1) is 9.32. The summed E-state index contributed by atoms with van der Waals surface area (Å²) >= 11 is 0. The van der Waals surface area contributed by atoms with E-state index in [1.54, 1.807) is 7.11 Å². The van der Waals surface area contributed by atoms with Crippen LogP contribution in [0.25, 0.3) is 0 Å². The molecule has 0 bridgehead atoms. The van der Waals surface area contributed by atoms with Gasteiger partial charge in [-0.2, -0.15) is 0 Å². The van der Waals surface area contributed by atoms with Crippen molar-refractivity contribution >= 4 is 0 Å². The highest BCUT2D eigenvalue weighted by molar-refractivity contribution is 5.12. The van der Waals surface area contributed by atoms with Gasteiger partial charge in [0.25, 0.3) is 0 Å². The SMILES string of the molecule is COC1C(C(C)(C)OCC=C(C)C)[C@]2(CC[C@@H]1O)CO2. The molecule has 1 spiro atoms. The van der Waals surface area contributed by atoms with Gasteiger partial charge in [0, 0.05) is 13.0 Å². The summed E-state index contributed by atoms with van der Waals surface area (Å²) in [6.45, 7) is 9.59. The summed E-state index contributed by atoms with van der Waals surface area (Å²) in [7, 11) is 1.66. The van der Waals surface area contributed by atoms with Crippen molar-refractivity contribution < 1.29 is 19.3 Å². The molecule has 0 aromatic heterocycles. The summed E-state index contributed by atoms with van der Waals surface area (Å²) in [6.07, 6.45) is 3.02. The van der Waals surface area contributed by atoms with Crippen LogP contribution in [0, 0.1) is 5.92 Å². The largest absolute Gasteiger partial charge is 0.390 e. The average Bonchev–Trinajstić information content (AvgIpc) is 3.11. The molecular weight excluding hydrogens is 256 g/mol. The molecule has 0 radical (unpaired) electrons. The lowest BCUT2D eigenvalue weighted by atomic mass is 9.68. The van der Waals surface area contributed by atoms with E-state index in [1.165, 1.54) is 5.57 Å². The number of hydrogen-bond donors (Lipinski definition) is 1. The standard InChI is InChI=1S/C16H28O4/c1-11(2)7-9-19-15(3,4)14-13(18-5)12(17)6-8-16(14)10-20-16/h7,12-14,17H,6,8-10H2,1-5H3/t12-,13?,14?,16-/m0/s1. The van der Waals surface area contributed by atoms with Crippen molar-refractivity contribution in [2.45, 2.75) is 63.9 Å². The number of epoxide rings is 1. The number of allylic oxidation sites excluding steroid dienone is 1. The fourth-order valence-electron chi connectivity index (χ4n) is 3.49. The van der Waals surface area contributed by atoms with Crippen LogP contribution in [-0.4, -0.2) is 48.8 Å². The Kier molecular flexibility index (Phi) is 4.59. The Balaban J connectivity index is 2.14. The quantitative estimate of drug-likeness (QED) is 0.622. The van der Waals surface area contributed by atoms with E-state index in [1.807, 2.05) is 0 Å². The number of methoxy groups -OCH3 is 1. The molecule has 1 N–H and O–H groups in total. The third-order valence-electron chi connectivity index (χ3n) is 4.62. The van der Waals surface area contributed by atoms with Crippen LogP contribution in [0.4, 0.5) is 0 Å². The topological polar surface area (TPSA) is 51.2 Å². The minimum Gasteiger partial charge on any atom is -0.390 e. The first-order valence-corrected chi connectivity index (χ1v) is 7.44. The van der Waals surface area contributed by atoms with E-state index in [0.717, 1.165) is 19.4 Å². The molecular formula is C16H28O4. The minimum atomic E-state index is -0.439. The first kappa shape index (κ1) is 16.0. The highest BCUT2D eigenvalue weighted by atomic mass is 16.6. The monoisotopic (exact) mass is 284 g/mol. The summed E-state index contributed by atoms with van der Waals surface area (Å²) in [4.78, 5) is 0. The molecule has 1 saturated carbocycles. The molecule has 0 amide bonds. The van der Waals surface area contributed by atoms with E-state index in [0.29, 0.717) is 6.61 Å². The normalized spacial score (nSPS) is 37.0. The Morgan fingerprint density at radius 1 is 1.45 bits per heavy atom. The first-order valence-electron chi connectivity index (χ1n) is 7.44. The number of aliphatic hydroxyl groups excluding tert-OH is 1. The van der Waals surface area contributed by atoms with E-state index in [4.69, 9.17) is 14.2 Å². The maximum Gasteiger partial charge on any atom is 0.0998 e. The van der Waals surface area contributed by atoms with Gasteiger partial charge in [-0.15, -0.1) is 0 Å². The van der Waals surface area contributed by atoms with Crippen LogP contribution in [0.5, 0.6) is 0 Å². The molecule has 0 aromatic carbocycles. The van der Waals surface area contributed by atoms with E-state index in [-0.39, 0.29) is 17.6 Å². The predicted molar refractivity (Wildman–Crippen MR) is 77.7 cm³/mol. The molecule has 2 fully saturated rings. The van der Waals surface area contributed by atoms with Crippen LogP contribution < -0.4 is 0 Å². The Morgan fingerprint density at radius 2 is 2.10 bits per heavy atom. The van der Waals surface area contributed by atoms with Crippen molar-refractivity contribution in [3.63, 3.8) is 0 Å². The molecule has 4 atom stereocenters. The Labute approximate surface area is 122 Å². The van der Waals surface area contributed by atoms with E-state index < -0.39 is 11.7 Å². The summed E-state index contributed by atoms with van der Waals surface area (Å²) < 4.78 is 17.4. The van der Waals surface area contributed by atoms with Crippen molar-refractivity contribution in [1.82, 2.24) is 0 Å². The molecule has 0 aromatic rings. The molecule has 1 aliphatic heterocycles. The lowest BCUT2D eigenvalue weighted by Crippen LogP contribution is -2.57. The van der Waals surface area contributed by atoms with Crippen molar-refractivity contribution in [2.75, 3.05) is 20.3 Å². The van der Waals surface area contributed by atoms with Crippen LogP contribution in [0.2, 0.25) is 0 Å². The molecule has 20 heavy (non-hydrogen) atoms. The molecule has 2 aliphatic rings. The van der Waals surface area contributed by atoms with Gasteiger partial charge in [0.15, 0.2) is 0 Å². The summed E-state index contributed by atoms with van der Waals surface area (Å²) in [6, 6.07) is 0. The van der Waals surface area contributed by atoms with Gasteiger partial charge >= 0.3 is 0 Å². The summed E-state index contributed by atoms with van der Waals surface area (Å²) in [5.41, 5.74) is 0.684. The van der Waals surface area contributed by atoms with Gasteiger partial charge in [0.1, 0.15) is 0 Å². The van der Waals surface area contributed by atoms with E-state index in [9.17, 15) is 5.11 Å². The van der Waals surface area contributed by atoms with Crippen molar-refractivity contribution in [3.8, 4) is 0 Å². The van der Waals surface area contributed by atoms with Gasteiger partial charge in [0.05, 0.1) is 36.6 Å². The zero-order chi connectivity index (χ0) is 15.0. The van der Waals surface area contributed by atoms with Crippen LogP contribution in [0.1, 0.15) is 40.5 Å². The second kappa shape index (κ2) is 5.76. The smallest absolute Gasteiger partial charge is 0.0998 e. The number of rotatable bonds is 5. The fourth-order valence-corrected chi connectivity index (χ4v) is 3.49. The van der Waals surface area contributed by atoms with Crippen molar-refractivity contribution in [3.05, 3.63) is 11.6 Å². The highest BCUT2D eigenvalue weighted by Crippen LogP contribution is 2.52. The van der Waals surface area contributed by atoms with E-state index >= 15 is 0 Å². The third-order valence-corrected chi connectivity index (χ3v) is 4.62. The lowest BCUT2D eigenvalue weighted by molar-refractivity contribution is -0.172. The average molecular weight is 284 g/mol. The number of ether oxygens (including phenoxy) is 3. The number of hydrogen-bond acceptors (Lipinski definition) is 4. The zero-order valence-corrected chi connectivity index (χ0v) is 13.3. The van der Waals surface area contributed by atoms with Gasteiger partial charge in [-0.1, -0.05) is 11.6 Å². The molecule has 1 heterocycles. The molecule has 1 aliphatic carbocycles. The van der Waals surface area contributed by atoms with Crippen LogP contribution in [0.15, 0.2) is 11.6 Å². The molecule has 4 heteroatoms. The number of aliphatic hydroxyl groups is 1. The maximum atomic E-state index is 10.2. The van der Waals surface area contributed by atoms with Gasteiger partial charge in [0.2, 0.25) is 0 Å². The molecule has 4 nitrogen and oxygen atoms in total. The van der Waals surface area contributed by atoms with Crippen molar-refractivity contribution in [2.24, 2.45) is 5.92 Å². The fraction of sp³-hybridized carbons (Fsp3) is 0.875. The van der Waals surface area contributed by atoms with Crippen LogP contribution in [0.3, 0.4) is 0 Å². The van der Waals surface area contributed by atoms with Gasteiger partial charge < -0.3 is 19.3 Å². The zero-order valence-electron chi connectivity index (χ0n) is 13.3. The Bertz CT molecular complexity index is 367. The van der Waals surface area contributed by atoms with Crippen LogP contribution in [-0.2, 0) is 14.2 Å². The third kappa shape index (κ3) is 3.08. The maximum absolute atomic E-state index is 10.2. The second-order valence-corrected chi connectivity index (χ2v) is 6.83. The molecule has 116 valence electrons. The van der Waals surface area contributed by atoms with Gasteiger partial charge in [-0.3, -0.25) is 0 Å². The Morgan fingerprint density at radius 3 is 2.60 bits per heavy atom. The lowest BCUT2D eigenvalue weighted by Gasteiger charge is -2.46. The highest BCUT2D eigenvalue weighted by Gasteiger charge is 2.63. The minimum absolute atomic E-state index is 0.0503. The molecule has 2 rings (SSSR count). The summed E-state index contributed by atoms with van der Waals surface area (Å²) in [5.74, 6) is 0.0503. The Hall–Kier alpha value is -0.420. The van der Waals surface area contributed by atoms with Gasteiger partial charge in [-0.25, -0.2) is 0 Å². The molecule has 1 saturated heterocycles. The predicted octanol–water partition coefficient (Wildman–Crippen LogP) is 2.30. The second-order valence-electron chi connectivity index (χ2n) is 6.83. The van der Waals surface area contributed by atoms with Crippen molar-refractivity contribution in [1.29, 1.82) is 0 Å². The molecule has 2 unspecified atom stereocenters. The van der Waals surface area contributed by atoms with Crippen LogP contribution >= 0.6 is 0 Å². The van der Waals surface area contributed by atoms with E-state index in [2.05, 4.69) is 33.8 Å². The van der Waals surface area contributed by atoms with Gasteiger partial charge in [-0.05, 0) is 40.5 Å².